The molecular weight excluding hydrogens is 252 g/mol. The van der Waals surface area contributed by atoms with Crippen LogP contribution in [-0.2, 0) is 9.53 Å². The summed E-state index contributed by atoms with van der Waals surface area (Å²) >= 11 is 0. The van der Waals surface area contributed by atoms with Gasteiger partial charge in [-0.15, -0.1) is 0 Å². The highest BCUT2D eigenvalue weighted by Crippen LogP contribution is 2.29. The second kappa shape index (κ2) is 5.75. The molecule has 3 N–H and O–H groups in total. The van der Waals surface area contributed by atoms with Gasteiger partial charge in [0.05, 0.1) is 24.9 Å². The normalized spacial score (nSPS) is 29.5. The fourth-order valence-electron chi connectivity index (χ4n) is 2.78. The summed E-state index contributed by atoms with van der Waals surface area (Å²) in [6.07, 6.45) is 1.76. The Morgan fingerprint density at radius 3 is 2.79 bits per heavy atom. The third-order valence-corrected chi connectivity index (χ3v) is 3.77. The zero-order chi connectivity index (χ0) is 14.0. The van der Waals surface area contributed by atoms with Crippen LogP contribution in [0.3, 0.4) is 0 Å². The summed E-state index contributed by atoms with van der Waals surface area (Å²) in [5, 5.41) is 20.7. The van der Waals surface area contributed by atoms with E-state index in [1.54, 1.807) is 4.90 Å². The first kappa shape index (κ1) is 14.1. The van der Waals surface area contributed by atoms with Crippen LogP contribution in [0, 0.1) is 0 Å². The number of hydrogen-bond donors (Lipinski definition) is 3. The monoisotopic (exact) mass is 272 g/mol. The number of nitrogens with zero attached hydrogens (tertiary/aromatic N) is 1. The van der Waals surface area contributed by atoms with Gasteiger partial charge in [0, 0.05) is 6.54 Å². The summed E-state index contributed by atoms with van der Waals surface area (Å²) in [6, 6.07) is -1.69. The third-order valence-electron chi connectivity index (χ3n) is 3.77. The molecule has 19 heavy (non-hydrogen) atoms. The molecule has 0 bridgehead atoms. The molecule has 0 aromatic rings. The Hall–Kier alpha value is -1.34. The lowest BCUT2D eigenvalue weighted by atomic mass is 10.1. The molecule has 2 rings (SSSR count). The number of carboxylic acid groups (broad SMARTS) is 1. The highest BCUT2D eigenvalue weighted by Gasteiger charge is 2.39. The Bertz CT molecular complexity index is 360. The van der Waals surface area contributed by atoms with Crippen LogP contribution in [0.25, 0.3) is 0 Å². The van der Waals surface area contributed by atoms with Gasteiger partial charge in [0.15, 0.2) is 6.04 Å². The van der Waals surface area contributed by atoms with Crippen molar-refractivity contribution in [2.24, 2.45) is 0 Å². The molecule has 0 aromatic carbocycles. The number of amides is 2. The summed E-state index contributed by atoms with van der Waals surface area (Å²) < 4.78 is 5.59. The molecule has 2 unspecified atom stereocenters. The van der Waals surface area contributed by atoms with Crippen molar-refractivity contribution in [3.8, 4) is 0 Å². The van der Waals surface area contributed by atoms with Gasteiger partial charge in [-0.2, -0.15) is 0 Å². The first-order valence-electron chi connectivity index (χ1n) is 6.60. The second-order valence-corrected chi connectivity index (χ2v) is 5.11. The van der Waals surface area contributed by atoms with Crippen molar-refractivity contribution in [1.82, 2.24) is 10.2 Å². The van der Waals surface area contributed by atoms with Crippen LogP contribution in [0.5, 0.6) is 0 Å². The van der Waals surface area contributed by atoms with E-state index in [0.29, 0.717) is 13.2 Å². The second-order valence-electron chi connectivity index (χ2n) is 5.11. The van der Waals surface area contributed by atoms with Crippen molar-refractivity contribution >= 4 is 12.0 Å². The highest BCUT2D eigenvalue weighted by molar-refractivity contribution is 5.83. The first-order valence-corrected chi connectivity index (χ1v) is 6.60. The van der Waals surface area contributed by atoms with Gasteiger partial charge in [-0.1, -0.05) is 0 Å². The van der Waals surface area contributed by atoms with Gasteiger partial charge in [0.1, 0.15) is 0 Å². The van der Waals surface area contributed by atoms with E-state index in [1.165, 1.54) is 6.92 Å². The van der Waals surface area contributed by atoms with E-state index < -0.39 is 24.1 Å². The van der Waals surface area contributed by atoms with Gasteiger partial charge in [0.2, 0.25) is 0 Å². The predicted molar refractivity (Wildman–Crippen MR) is 65.7 cm³/mol. The van der Waals surface area contributed by atoms with Crippen molar-refractivity contribution in [3.63, 3.8) is 0 Å². The molecule has 1 aliphatic carbocycles. The fourth-order valence-corrected chi connectivity index (χ4v) is 2.78. The number of fused-ring (bicyclic) bond motifs is 1. The molecule has 4 atom stereocenters. The average Bonchev–Trinajstić information content (AvgIpc) is 2.82. The lowest BCUT2D eigenvalue weighted by Gasteiger charge is -2.38. The van der Waals surface area contributed by atoms with Crippen LogP contribution >= 0.6 is 0 Å². The number of ether oxygens (including phenoxy) is 1. The number of urea groups is 1. The molecule has 0 aromatic heterocycles. The maximum absolute atomic E-state index is 12.1. The Labute approximate surface area is 111 Å². The third kappa shape index (κ3) is 2.98. The topological polar surface area (TPSA) is 99.1 Å². The summed E-state index contributed by atoms with van der Waals surface area (Å²) in [5.41, 5.74) is 0. The number of aliphatic carboxylic acids is 1. The fraction of sp³-hybridized carbons (Fsp3) is 0.833. The number of rotatable bonds is 3. The molecule has 2 amide bonds. The molecule has 1 heterocycles. The summed E-state index contributed by atoms with van der Waals surface area (Å²) in [4.78, 5) is 24.8. The van der Waals surface area contributed by atoms with Crippen molar-refractivity contribution in [2.45, 2.75) is 50.5 Å². The van der Waals surface area contributed by atoms with E-state index >= 15 is 0 Å². The standard InChI is InChI=1S/C12H20N2O5/c1-7(15)10(11(16)17)13-12(18)14-5-6-19-9-4-2-3-8(9)14/h7-10,15H,2-6H2,1H3,(H,13,18)(H,16,17)/t7-,8?,9?,10+/m1/s1. The number of nitrogens with one attached hydrogen (secondary N) is 1. The minimum atomic E-state index is -1.28. The minimum absolute atomic E-state index is 0.0252. The molecule has 0 spiro atoms. The van der Waals surface area contributed by atoms with Crippen molar-refractivity contribution in [3.05, 3.63) is 0 Å². The average molecular weight is 272 g/mol. The van der Waals surface area contributed by atoms with Crippen LogP contribution in [0.4, 0.5) is 4.79 Å². The van der Waals surface area contributed by atoms with Crippen molar-refractivity contribution < 1.29 is 24.5 Å². The molecular formula is C12H20N2O5. The van der Waals surface area contributed by atoms with Crippen LogP contribution in [-0.4, -0.2) is 64.6 Å². The Kier molecular flexibility index (Phi) is 4.26. The number of aliphatic hydroxyl groups excluding tert-OH is 1. The smallest absolute Gasteiger partial charge is 0.328 e. The van der Waals surface area contributed by atoms with Gasteiger partial charge in [-0.25, -0.2) is 9.59 Å². The number of hydrogen-bond acceptors (Lipinski definition) is 4. The van der Waals surface area contributed by atoms with Crippen molar-refractivity contribution in [1.29, 1.82) is 0 Å². The minimum Gasteiger partial charge on any atom is -0.480 e. The molecule has 0 radical (unpaired) electrons. The number of morpholine rings is 1. The van der Waals surface area contributed by atoms with Gasteiger partial charge in [-0.05, 0) is 26.2 Å². The summed E-state index contributed by atoms with van der Waals surface area (Å²) in [7, 11) is 0. The van der Waals surface area contributed by atoms with Crippen LogP contribution in [0.15, 0.2) is 0 Å². The molecule has 2 fully saturated rings. The van der Waals surface area contributed by atoms with Crippen LogP contribution in [0.2, 0.25) is 0 Å². The van der Waals surface area contributed by atoms with Crippen molar-refractivity contribution in [2.75, 3.05) is 13.2 Å². The Balaban J connectivity index is 2.00. The molecule has 108 valence electrons. The van der Waals surface area contributed by atoms with E-state index in [-0.39, 0.29) is 12.1 Å². The lowest BCUT2D eigenvalue weighted by molar-refractivity contribution is -0.141. The summed E-state index contributed by atoms with van der Waals surface area (Å²) in [5.74, 6) is -1.24. The first-order chi connectivity index (χ1) is 9.00. The zero-order valence-electron chi connectivity index (χ0n) is 10.9. The molecule has 7 heteroatoms. The maximum Gasteiger partial charge on any atom is 0.328 e. The van der Waals surface area contributed by atoms with E-state index in [0.717, 1.165) is 19.3 Å². The van der Waals surface area contributed by atoms with Crippen LogP contribution in [0.1, 0.15) is 26.2 Å². The Morgan fingerprint density at radius 2 is 2.16 bits per heavy atom. The van der Waals surface area contributed by atoms with E-state index in [1.807, 2.05) is 0 Å². The highest BCUT2D eigenvalue weighted by atomic mass is 16.5. The van der Waals surface area contributed by atoms with E-state index in [9.17, 15) is 14.7 Å². The summed E-state index contributed by atoms with van der Waals surface area (Å²) in [6.45, 7) is 2.27. The number of carboxylic acids is 1. The van der Waals surface area contributed by atoms with Gasteiger partial charge >= 0.3 is 12.0 Å². The predicted octanol–water partition coefficient (Wildman–Crippen LogP) is -0.217. The zero-order valence-corrected chi connectivity index (χ0v) is 10.9. The quantitative estimate of drug-likeness (QED) is 0.660. The largest absolute Gasteiger partial charge is 0.480 e. The molecule has 2 aliphatic rings. The number of carbonyl (C=O) groups is 2. The van der Waals surface area contributed by atoms with E-state index in [2.05, 4.69) is 5.32 Å². The molecule has 1 saturated heterocycles. The van der Waals surface area contributed by atoms with E-state index in [4.69, 9.17) is 9.84 Å². The Morgan fingerprint density at radius 1 is 1.42 bits per heavy atom. The lowest BCUT2D eigenvalue weighted by Crippen LogP contribution is -2.58. The molecule has 7 nitrogen and oxygen atoms in total. The molecule has 1 aliphatic heterocycles. The molecule has 1 saturated carbocycles. The van der Waals surface area contributed by atoms with Gasteiger partial charge < -0.3 is 25.2 Å². The number of aliphatic hydroxyl groups is 1. The van der Waals surface area contributed by atoms with Gasteiger partial charge in [-0.3, -0.25) is 0 Å². The SMILES string of the molecule is C[C@@H](O)[C@H](NC(=O)N1CCOC2CCCC21)C(=O)O. The van der Waals surface area contributed by atoms with Gasteiger partial charge in [0.25, 0.3) is 0 Å². The maximum atomic E-state index is 12.1. The van der Waals surface area contributed by atoms with Crippen LogP contribution < -0.4 is 5.32 Å². The number of carbonyl (C=O) groups excluding carboxylic acids is 1.